The topological polar surface area (TPSA) is 71.5 Å². The maximum Gasteiger partial charge on any atom is 0.357 e. The Morgan fingerprint density at radius 2 is 2.14 bits per heavy atom. The van der Waals surface area contributed by atoms with Gasteiger partial charge in [-0.15, -0.1) is 11.3 Å². The van der Waals surface area contributed by atoms with Crippen LogP contribution in [0.5, 0.6) is 0 Å². The highest BCUT2D eigenvalue weighted by Gasteiger charge is 2.17. The zero-order chi connectivity index (χ0) is 15.2. The van der Waals surface area contributed by atoms with Crippen molar-refractivity contribution in [1.82, 2.24) is 4.98 Å². The number of aryl methyl sites for hydroxylation is 1. The smallest absolute Gasteiger partial charge is 0.357 e. The van der Waals surface area contributed by atoms with Gasteiger partial charge in [0.25, 0.3) is 0 Å². The third-order valence-electron chi connectivity index (χ3n) is 3.05. The number of aromatic nitrogens is 1. The normalized spacial score (nSPS) is 12.0. The quantitative estimate of drug-likeness (QED) is 0.801. The summed E-state index contributed by atoms with van der Waals surface area (Å²) in [5.74, 6) is -0.444. The molecule has 0 unspecified atom stereocenters. The molecule has 2 rings (SSSR count). The first kappa shape index (κ1) is 15.5. The lowest BCUT2D eigenvalue weighted by Crippen LogP contribution is -2.26. The molecule has 0 bridgehead atoms. The van der Waals surface area contributed by atoms with E-state index in [0.717, 1.165) is 10.4 Å². The Balaban J connectivity index is 2.07. The van der Waals surface area contributed by atoms with Gasteiger partial charge in [0.05, 0.1) is 19.8 Å². The van der Waals surface area contributed by atoms with Crippen LogP contribution in [0.4, 0.5) is 5.13 Å². The number of anilines is 1. The number of hydrogen-bond donors (Lipinski definition) is 2. The summed E-state index contributed by atoms with van der Waals surface area (Å²) >= 11 is 1.38. The predicted octanol–water partition coefficient (Wildman–Crippen LogP) is 2.25. The average Bonchev–Trinajstić information content (AvgIpc) is 2.87. The molecule has 2 aromatic rings. The van der Waals surface area contributed by atoms with E-state index in [1.54, 1.807) is 0 Å². The molecule has 1 aromatic carbocycles. The van der Waals surface area contributed by atoms with Gasteiger partial charge in [-0.2, -0.15) is 0 Å². The van der Waals surface area contributed by atoms with Crippen molar-refractivity contribution in [1.29, 1.82) is 0 Å². The number of nitrogens with one attached hydrogen (secondary N) is 1. The minimum Gasteiger partial charge on any atom is -0.464 e. The number of hydrogen-bond acceptors (Lipinski definition) is 6. The molecule has 0 aliphatic carbocycles. The molecule has 21 heavy (non-hydrogen) atoms. The van der Waals surface area contributed by atoms with Crippen LogP contribution in [0.2, 0.25) is 0 Å². The minimum absolute atomic E-state index is 0.0128. The molecule has 1 heterocycles. The molecule has 0 fully saturated rings. The van der Waals surface area contributed by atoms with Gasteiger partial charge in [0, 0.05) is 4.88 Å². The van der Waals surface area contributed by atoms with Gasteiger partial charge >= 0.3 is 5.97 Å². The van der Waals surface area contributed by atoms with Crippen molar-refractivity contribution in [3.63, 3.8) is 0 Å². The molecule has 0 aliphatic rings. The lowest BCUT2D eigenvalue weighted by Gasteiger charge is -2.15. The molecule has 0 amide bonds. The molecule has 6 heteroatoms. The van der Waals surface area contributed by atoms with E-state index in [1.807, 2.05) is 37.3 Å². The second-order valence-corrected chi connectivity index (χ2v) is 5.83. The standard InChI is InChI=1S/C15H18N2O3S/c1-10-13(14(19)20-2)17-15(21-10)16-12(9-18)8-11-6-4-3-5-7-11/h3-7,12,18H,8-9H2,1-2H3,(H,16,17)/t12-/m1/s1. The Morgan fingerprint density at radius 1 is 1.43 bits per heavy atom. The van der Waals surface area contributed by atoms with Crippen LogP contribution >= 0.6 is 11.3 Å². The third-order valence-corrected chi connectivity index (χ3v) is 3.95. The van der Waals surface area contributed by atoms with Crippen LogP contribution in [0, 0.1) is 6.92 Å². The monoisotopic (exact) mass is 306 g/mol. The van der Waals surface area contributed by atoms with Crippen LogP contribution in [0.25, 0.3) is 0 Å². The Labute approximate surface area is 127 Å². The molecule has 0 spiro atoms. The molecule has 0 saturated carbocycles. The molecular weight excluding hydrogens is 288 g/mol. The highest BCUT2D eigenvalue weighted by molar-refractivity contribution is 7.15. The van der Waals surface area contributed by atoms with Crippen molar-refractivity contribution in [3.8, 4) is 0 Å². The Morgan fingerprint density at radius 3 is 2.76 bits per heavy atom. The maximum atomic E-state index is 11.5. The van der Waals surface area contributed by atoms with Gasteiger partial charge < -0.3 is 15.2 Å². The Bertz CT molecular complexity index is 598. The summed E-state index contributed by atoms with van der Waals surface area (Å²) in [5, 5.41) is 13.3. The van der Waals surface area contributed by atoms with E-state index in [4.69, 9.17) is 0 Å². The van der Waals surface area contributed by atoms with Gasteiger partial charge in [0.15, 0.2) is 10.8 Å². The second kappa shape index (κ2) is 7.19. The molecule has 1 aromatic heterocycles. The number of nitrogens with zero attached hydrogens (tertiary/aromatic N) is 1. The zero-order valence-electron chi connectivity index (χ0n) is 12.0. The summed E-state index contributed by atoms with van der Waals surface area (Å²) < 4.78 is 4.69. The first-order valence-corrected chi connectivity index (χ1v) is 7.42. The number of esters is 1. The van der Waals surface area contributed by atoms with E-state index in [9.17, 15) is 9.90 Å². The van der Waals surface area contributed by atoms with Gasteiger partial charge in [-0.3, -0.25) is 0 Å². The van der Waals surface area contributed by atoms with E-state index < -0.39 is 5.97 Å². The number of carbonyl (C=O) groups excluding carboxylic acids is 1. The number of benzene rings is 1. The fourth-order valence-electron chi connectivity index (χ4n) is 1.98. The van der Waals surface area contributed by atoms with Gasteiger partial charge in [-0.05, 0) is 18.9 Å². The molecule has 112 valence electrons. The van der Waals surface area contributed by atoms with Crippen molar-refractivity contribution in [2.24, 2.45) is 0 Å². The third kappa shape index (κ3) is 4.03. The lowest BCUT2D eigenvalue weighted by atomic mass is 10.1. The van der Waals surface area contributed by atoms with Crippen LogP contribution in [0.3, 0.4) is 0 Å². The average molecular weight is 306 g/mol. The number of thiazole rings is 1. The van der Waals surface area contributed by atoms with Crippen molar-refractivity contribution in [3.05, 3.63) is 46.5 Å². The first-order valence-electron chi connectivity index (χ1n) is 6.61. The molecule has 5 nitrogen and oxygen atoms in total. The molecular formula is C15H18N2O3S. The predicted molar refractivity (Wildman–Crippen MR) is 82.8 cm³/mol. The summed E-state index contributed by atoms with van der Waals surface area (Å²) in [4.78, 5) is 16.6. The lowest BCUT2D eigenvalue weighted by molar-refractivity contribution is 0.0594. The van der Waals surface area contributed by atoms with E-state index in [-0.39, 0.29) is 12.6 Å². The zero-order valence-corrected chi connectivity index (χ0v) is 12.8. The maximum absolute atomic E-state index is 11.5. The SMILES string of the molecule is COC(=O)c1nc(N[C@@H](CO)Cc2ccccc2)sc1C. The summed E-state index contributed by atoms with van der Waals surface area (Å²) in [7, 11) is 1.33. The molecule has 1 atom stereocenters. The van der Waals surface area contributed by atoms with Crippen LogP contribution in [-0.4, -0.2) is 35.8 Å². The summed E-state index contributed by atoms with van der Waals surface area (Å²) in [6.07, 6.45) is 0.684. The number of aliphatic hydroxyl groups is 1. The van der Waals surface area contributed by atoms with Crippen LogP contribution < -0.4 is 5.32 Å². The van der Waals surface area contributed by atoms with Gasteiger partial charge in [0.2, 0.25) is 0 Å². The Hall–Kier alpha value is -1.92. The van der Waals surface area contributed by atoms with Gasteiger partial charge in [-0.1, -0.05) is 30.3 Å². The van der Waals surface area contributed by atoms with E-state index in [1.165, 1.54) is 18.4 Å². The van der Waals surface area contributed by atoms with Crippen molar-refractivity contribution < 1.29 is 14.6 Å². The van der Waals surface area contributed by atoms with E-state index in [0.29, 0.717) is 17.2 Å². The molecule has 0 radical (unpaired) electrons. The number of rotatable bonds is 6. The number of aliphatic hydroxyl groups excluding tert-OH is 1. The van der Waals surface area contributed by atoms with E-state index in [2.05, 4.69) is 15.0 Å². The number of carbonyl (C=O) groups is 1. The van der Waals surface area contributed by atoms with Gasteiger partial charge in [0.1, 0.15) is 0 Å². The van der Waals surface area contributed by atoms with Crippen LogP contribution in [-0.2, 0) is 11.2 Å². The molecule has 0 saturated heterocycles. The Kier molecular flexibility index (Phi) is 5.30. The van der Waals surface area contributed by atoms with Crippen LogP contribution in [0.1, 0.15) is 20.9 Å². The van der Waals surface area contributed by atoms with Crippen molar-refractivity contribution >= 4 is 22.4 Å². The number of ether oxygens (including phenoxy) is 1. The van der Waals surface area contributed by atoms with Crippen LogP contribution in [0.15, 0.2) is 30.3 Å². The summed E-state index contributed by atoms with van der Waals surface area (Å²) in [6, 6.07) is 9.76. The fraction of sp³-hybridized carbons (Fsp3) is 0.333. The minimum atomic E-state index is -0.444. The highest BCUT2D eigenvalue weighted by atomic mass is 32.1. The van der Waals surface area contributed by atoms with Gasteiger partial charge in [-0.25, -0.2) is 9.78 Å². The fourth-order valence-corrected chi connectivity index (χ4v) is 2.86. The molecule has 2 N–H and O–H groups in total. The first-order chi connectivity index (χ1) is 10.1. The highest BCUT2D eigenvalue weighted by Crippen LogP contribution is 2.23. The van der Waals surface area contributed by atoms with Crippen molar-refractivity contribution in [2.45, 2.75) is 19.4 Å². The van der Waals surface area contributed by atoms with E-state index >= 15 is 0 Å². The summed E-state index contributed by atoms with van der Waals surface area (Å²) in [6.45, 7) is 1.81. The second-order valence-electron chi connectivity index (χ2n) is 4.63. The molecule has 0 aliphatic heterocycles. The number of methoxy groups -OCH3 is 1. The van der Waals surface area contributed by atoms with Crippen molar-refractivity contribution in [2.75, 3.05) is 19.0 Å². The largest absolute Gasteiger partial charge is 0.464 e. The summed E-state index contributed by atoms with van der Waals surface area (Å²) in [5.41, 5.74) is 1.45.